The third-order valence-corrected chi connectivity index (χ3v) is 4.24. The SMILES string of the molecule is CN=C(NCc1ccc(C)cc1OCC(F)(F)F)NCC(c1ccco1)N(C)C.I. The fraction of sp³-hybridized carbons (Fsp3) is 0.450. The van der Waals surface area contributed by atoms with Crippen LogP contribution in [0.25, 0.3) is 0 Å². The van der Waals surface area contributed by atoms with Crippen molar-refractivity contribution in [1.82, 2.24) is 15.5 Å². The van der Waals surface area contributed by atoms with Crippen LogP contribution in [0.4, 0.5) is 13.2 Å². The van der Waals surface area contributed by atoms with Crippen LogP contribution in [0.1, 0.15) is 22.9 Å². The van der Waals surface area contributed by atoms with Gasteiger partial charge in [0.2, 0.25) is 0 Å². The maximum absolute atomic E-state index is 12.5. The van der Waals surface area contributed by atoms with E-state index in [0.717, 1.165) is 11.3 Å². The van der Waals surface area contributed by atoms with Crippen LogP contribution in [0.5, 0.6) is 5.75 Å². The first-order chi connectivity index (χ1) is 13.7. The van der Waals surface area contributed by atoms with E-state index in [2.05, 4.69) is 15.6 Å². The number of nitrogens with one attached hydrogen (secondary N) is 2. The molecule has 0 saturated carbocycles. The zero-order valence-corrected chi connectivity index (χ0v) is 19.7. The Labute approximate surface area is 191 Å². The molecule has 0 saturated heterocycles. The highest BCUT2D eigenvalue weighted by atomic mass is 127. The van der Waals surface area contributed by atoms with Gasteiger partial charge in [-0.15, -0.1) is 24.0 Å². The maximum Gasteiger partial charge on any atom is 0.422 e. The van der Waals surface area contributed by atoms with Crippen molar-refractivity contribution >= 4 is 29.9 Å². The molecule has 2 aromatic rings. The van der Waals surface area contributed by atoms with Crippen molar-refractivity contribution in [3.05, 3.63) is 53.5 Å². The van der Waals surface area contributed by atoms with E-state index in [1.165, 1.54) is 0 Å². The molecule has 1 heterocycles. The molecule has 2 N–H and O–H groups in total. The lowest BCUT2D eigenvalue weighted by atomic mass is 10.1. The van der Waals surface area contributed by atoms with Crippen LogP contribution in [-0.4, -0.2) is 51.3 Å². The van der Waals surface area contributed by atoms with E-state index in [-0.39, 0.29) is 42.3 Å². The smallest absolute Gasteiger partial charge is 0.422 e. The molecule has 1 unspecified atom stereocenters. The van der Waals surface area contributed by atoms with Gasteiger partial charge in [0.05, 0.1) is 12.3 Å². The lowest BCUT2D eigenvalue weighted by molar-refractivity contribution is -0.153. The number of furan rings is 1. The number of benzene rings is 1. The molecule has 0 aliphatic heterocycles. The molecular weight excluding hydrogens is 512 g/mol. The summed E-state index contributed by atoms with van der Waals surface area (Å²) in [7, 11) is 5.52. The van der Waals surface area contributed by atoms with Crippen LogP contribution >= 0.6 is 24.0 Å². The number of aryl methyl sites for hydroxylation is 1. The van der Waals surface area contributed by atoms with Crippen LogP contribution in [0, 0.1) is 6.92 Å². The standard InChI is InChI=1S/C20H27F3N4O2.HI/c1-14-7-8-15(18(10-14)29-13-20(21,22)23)11-25-19(24-2)26-12-16(27(3)4)17-6-5-9-28-17;/h5-10,16H,11-13H2,1-4H3,(H2,24,25,26);1H. The Balaban J connectivity index is 0.00000450. The second kappa shape index (κ2) is 12.0. The van der Waals surface area contributed by atoms with Crippen molar-refractivity contribution in [2.45, 2.75) is 25.7 Å². The Morgan fingerprint density at radius 3 is 2.53 bits per heavy atom. The van der Waals surface area contributed by atoms with Crippen molar-refractivity contribution in [2.75, 3.05) is 34.3 Å². The van der Waals surface area contributed by atoms with Crippen LogP contribution < -0.4 is 15.4 Å². The van der Waals surface area contributed by atoms with Crippen molar-refractivity contribution in [3.63, 3.8) is 0 Å². The van der Waals surface area contributed by atoms with Gasteiger partial charge in [-0.05, 0) is 44.8 Å². The summed E-state index contributed by atoms with van der Waals surface area (Å²) in [6.45, 7) is 1.27. The zero-order valence-electron chi connectivity index (χ0n) is 17.4. The van der Waals surface area contributed by atoms with Crippen molar-refractivity contribution in [3.8, 4) is 5.75 Å². The first-order valence-electron chi connectivity index (χ1n) is 9.13. The van der Waals surface area contributed by atoms with Gasteiger partial charge >= 0.3 is 6.18 Å². The molecule has 168 valence electrons. The molecule has 30 heavy (non-hydrogen) atoms. The van der Waals surface area contributed by atoms with Gasteiger partial charge in [0.1, 0.15) is 11.5 Å². The molecular formula is C20H28F3IN4O2. The summed E-state index contributed by atoms with van der Waals surface area (Å²) in [5, 5.41) is 6.32. The molecule has 2 rings (SSSR count). The number of alkyl halides is 3. The molecule has 0 fully saturated rings. The van der Waals surface area contributed by atoms with Crippen molar-refractivity contribution in [1.29, 1.82) is 0 Å². The van der Waals surface area contributed by atoms with Crippen LogP contribution in [0.15, 0.2) is 46.0 Å². The number of guanidine groups is 1. The molecule has 1 aromatic carbocycles. The molecule has 1 aromatic heterocycles. The van der Waals surface area contributed by atoms with Crippen LogP contribution in [-0.2, 0) is 6.54 Å². The van der Waals surface area contributed by atoms with Gasteiger partial charge < -0.3 is 19.8 Å². The lowest BCUT2D eigenvalue weighted by Crippen LogP contribution is -2.41. The number of hydrogen-bond donors (Lipinski definition) is 2. The van der Waals surface area contributed by atoms with Gasteiger partial charge in [0.25, 0.3) is 0 Å². The summed E-state index contributed by atoms with van der Waals surface area (Å²) in [6.07, 6.45) is -2.77. The van der Waals surface area contributed by atoms with E-state index in [1.54, 1.807) is 32.4 Å². The number of rotatable bonds is 8. The van der Waals surface area contributed by atoms with E-state index in [1.807, 2.05) is 37.2 Å². The highest BCUT2D eigenvalue weighted by molar-refractivity contribution is 14.0. The first-order valence-corrected chi connectivity index (χ1v) is 9.13. The Kier molecular flexibility index (Phi) is 10.5. The Bertz CT molecular complexity index is 796. The highest BCUT2D eigenvalue weighted by Gasteiger charge is 2.28. The molecule has 0 amide bonds. The summed E-state index contributed by atoms with van der Waals surface area (Å²) < 4.78 is 48.0. The van der Waals surface area contributed by atoms with Gasteiger partial charge in [-0.25, -0.2) is 0 Å². The van der Waals surface area contributed by atoms with Crippen LogP contribution in [0.2, 0.25) is 0 Å². The van der Waals surface area contributed by atoms with Gasteiger partial charge in [-0.2, -0.15) is 13.2 Å². The van der Waals surface area contributed by atoms with Gasteiger partial charge in [0.15, 0.2) is 12.6 Å². The third kappa shape index (κ3) is 8.42. The van der Waals surface area contributed by atoms with E-state index in [0.29, 0.717) is 18.1 Å². The monoisotopic (exact) mass is 540 g/mol. The minimum Gasteiger partial charge on any atom is -0.484 e. The van der Waals surface area contributed by atoms with Gasteiger partial charge in [0, 0.05) is 25.7 Å². The fourth-order valence-electron chi connectivity index (χ4n) is 2.71. The Hall–Kier alpha value is -1.95. The lowest BCUT2D eigenvalue weighted by Gasteiger charge is -2.24. The third-order valence-electron chi connectivity index (χ3n) is 4.24. The number of likely N-dealkylation sites (N-methyl/N-ethyl adjacent to an activating group) is 1. The Morgan fingerprint density at radius 2 is 1.97 bits per heavy atom. The van der Waals surface area contributed by atoms with E-state index in [9.17, 15) is 13.2 Å². The molecule has 0 radical (unpaired) electrons. The van der Waals surface area contributed by atoms with Crippen molar-refractivity contribution in [2.24, 2.45) is 4.99 Å². The van der Waals surface area contributed by atoms with E-state index < -0.39 is 12.8 Å². The summed E-state index contributed by atoms with van der Waals surface area (Å²) in [5.74, 6) is 1.54. The fourth-order valence-corrected chi connectivity index (χ4v) is 2.71. The number of nitrogens with zero attached hydrogens (tertiary/aromatic N) is 2. The summed E-state index contributed by atoms with van der Waals surface area (Å²) in [4.78, 5) is 6.19. The molecule has 10 heteroatoms. The second-order valence-corrected chi connectivity index (χ2v) is 6.82. The molecule has 0 spiro atoms. The topological polar surface area (TPSA) is 62.0 Å². The maximum atomic E-state index is 12.5. The minimum absolute atomic E-state index is 0. The average Bonchev–Trinajstić information content (AvgIpc) is 3.17. The summed E-state index contributed by atoms with van der Waals surface area (Å²) in [5.41, 5.74) is 1.43. The van der Waals surface area contributed by atoms with E-state index in [4.69, 9.17) is 9.15 Å². The summed E-state index contributed by atoms with van der Waals surface area (Å²) >= 11 is 0. The largest absolute Gasteiger partial charge is 0.484 e. The predicted molar refractivity (Wildman–Crippen MR) is 121 cm³/mol. The second-order valence-electron chi connectivity index (χ2n) is 6.82. The molecule has 0 bridgehead atoms. The van der Waals surface area contributed by atoms with Crippen molar-refractivity contribution < 1.29 is 22.3 Å². The molecule has 1 atom stereocenters. The quantitative estimate of drug-likeness (QED) is 0.300. The number of hydrogen-bond acceptors (Lipinski definition) is 4. The normalized spacial score (nSPS) is 13.0. The number of aliphatic imine (C=N–C) groups is 1. The van der Waals surface area contributed by atoms with Gasteiger partial charge in [-0.3, -0.25) is 9.89 Å². The molecule has 0 aliphatic rings. The van der Waals surface area contributed by atoms with Gasteiger partial charge in [-0.1, -0.05) is 12.1 Å². The number of ether oxygens (including phenoxy) is 1. The molecule has 0 aliphatic carbocycles. The first kappa shape index (κ1) is 26.1. The zero-order chi connectivity index (χ0) is 21.4. The Morgan fingerprint density at radius 1 is 1.23 bits per heavy atom. The summed E-state index contributed by atoms with van der Waals surface area (Å²) in [6, 6.07) is 8.89. The predicted octanol–water partition coefficient (Wildman–Crippen LogP) is 4.12. The highest BCUT2D eigenvalue weighted by Crippen LogP contribution is 2.24. The van der Waals surface area contributed by atoms with Crippen LogP contribution in [0.3, 0.4) is 0 Å². The number of halogens is 4. The molecule has 6 nitrogen and oxygen atoms in total. The van der Waals surface area contributed by atoms with E-state index >= 15 is 0 Å². The minimum atomic E-state index is -4.39. The average molecular weight is 540 g/mol.